The number of rotatable bonds is 2. The molecular weight excluding hydrogens is 214 g/mol. The molecule has 0 spiro atoms. The van der Waals surface area contributed by atoms with Gasteiger partial charge in [0.1, 0.15) is 0 Å². The van der Waals surface area contributed by atoms with Gasteiger partial charge in [-0.25, -0.2) is 0 Å². The zero-order chi connectivity index (χ0) is 12.4. The number of aryl methyl sites for hydroxylation is 2. The van der Waals surface area contributed by atoms with Gasteiger partial charge >= 0.3 is 0 Å². The van der Waals surface area contributed by atoms with Crippen LogP contribution >= 0.6 is 0 Å². The van der Waals surface area contributed by atoms with Crippen LogP contribution in [-0.2, 0) is 0 Å². The van der Waals surface area contributed by atoms with Gasteiger partial charge in [-0.15, -0.1) is 0 Å². The van der Waals surface area contributed by atoms with E-state index >= 15 is 0 Å². The zero-order valence-corrected chi connectivity index (χ0v) is 9.81. The molecule has 0 amide bonds. The van der Waals surface area contributed by atoms with Gasteiger partial charge in [0.05, 0.1) is 4.92 Å². The van der Waals surface area contributed by atoms with Crippen LogP contribution in [0.4, 0.5) is 5.69 Å². The number of benzene rings is 2. The minimum Gasteiger partial charge on any atom is -0.258 e. The largest absolute Gasteiger partial charge is 0.275 e. The molecule has 0 N–H and O–H groups in total. The Hall–Kier alpha value is -2.16. The fraction of sp³-hybridized carbons (Fsp3) is 0.143. The van der Waals surface area contributed by atoms with Crippen molar-refractivity contribution in [2.45, 2.75) is 13.8 Å². The average Bonchev–Trinajstić information content (AvgIpc) is 2.28. The summed E-state index contributed by atoms with van der Waals surface area (Å²) in [4.78, 5) is 10.6. The van der Waals surface area contributed by atoms with Crippen molar-refractivity contribution in [3.8, 4) is 11.1 Å². The van der Waals surface area contributed by atoms with Crippen LogP contribution in [0, 0.1) is 24.0 Å². The molecule has 0 saturated carbocycles. The highest BCUT2D eigenvalue weighted by molar-refractivity contribution is 5.68. The van der Waals surface area contributed by atoms with Crippen molar-refractivity contribution in [2.75, 3.05) is 0 Å². The summed E-state index contributed by atoms with van der Waals surface area (Å²) >= 11 is 0. The molecule has 0 unspecified atom stereocenters. The van der Waals surface area contributed by atoms with Gasteiger partial charge in [0.15, 0.2) is 0 Å². The van der Waals surface area contributed by atoms with E-state index in [2.05, 4.69) is 0 Å². The number of nitrogens with zero attached hydrogens (tertiary/aromatic N) is 1. The topological polar surface area (TPSA) is 43.1 Å². The van der Waals surface area contributed by atoms with E-state index in [4.69, 9.17) is 0 Å². The van der Waals surface area contributed by atoms with Crippen LogP contribution in [0.5, 0.6) is 0 Å². The fourth-order valence-electron chi connectivity index (χ4n) is 2.04. The van der Waals surface area contributed by atoms with Crippen LogP contribution in [0.1, 0.15) is 11.1 Å². The maximum Gasteiger partial charge on any atom is 0.275 e. The SMILES string of the molecule is Cc1cc(-c2ccccc2)cc(C)c1[N+](=O)[O-]. The van der Waals surface area contributed by atoms with E-state index in [1.54, 1.807) is 13.8 Å². The molecule has 2 aromatic carbocycles. The summed E-state index contributed by atoms with van der Waals surface area (Å²) in [5, 5.41) is 10.9. The lowest BCUT2D eigenvalue weighted by Gasteiger charge is -2.06. The molecular formula is C14H13NO2. The van der Waals surface area contributed by atoms with Gasteiger partial charge < -0.3 is 0 Å². The predicted octanol–water partition coefficient (Wildman–Crippen LogP) is 3.88. The molecule has 17 heavy (non-hydrogen) atoms. The summed E-state index contributed by atoms with van der Waals surface area (Å²) in [5.74, 6) is 0. The Labute approximate surface area is 99.9 Å². The summed E-state index contributed by atoms with van der Waals surface area (Å²) in [6, 6.07) is 13.6. The van der Waals surface area contributed by atoms with E-state index in [-0.39, 0.29) is 10.6 Å². The summed E-state index contributed by atoms with van der Waals surface area (Å²) in [7, 11) is 0. The van der Waals surface area contributed by atoms with Gasteiger partial charge in [-0.05, 0) is 37.1 Å². The highest BCUT2D eigenvalue weighted by Gasteiger charge is 2.15. The molecule has 0 aromatic heterocycles. The summed E-state index contributed by atoms with van der Waals surface area (Å²) < 4.78 is 0. The Bertz CT molecular complexity index is 539. The Balaban J connectivity index is 2.57. The smallest absolute Gasteiger partial charge is 0.258 e. The van der Waals surface area contributed by atoms with Crippen LogP contribution in [0.3, 0.4) is 0 Å². The third-order valence-corrected chi connectivity index (χ3v) is 2.78. The molecule has 2 rings (SSSR count). The van der Waals surface area contributed by atoms with Crippen molar-refractivity contribution < 1.29 is 4.92 Å². The van der Waals surface area contributed by atoms with E-state index in [0.29, 0.717) is 11.1 Å². The Morgan fingerprint density at radius 2 is 1.47 bits per heavy atom. The van der Waals surface area contributed by atoms with Crippen LogP contribution in [0.25, 0.3) is 11.1 Å². The second-order valence-electron chi connectivity index (χ2n) is 4.08. The van der Waals surface area contributed by atoms with E-state index in [0.717, 1.165) is 11.1 Å². The van der Waals surface area contributed by atoms with Crippen molar-refractivity contribution in [3.05, 3.63) is 63.7 Å². The monoisotopic (exact) mass is 227 g/mol. The lowest BCUT2D eigenvalue weighted by molar-refractivity contribution is -0.386. The number of hydrogen-bond donors (Lipinski definition) is 0. The average molecular weight is 227 g/mol. The molecule has 0 radical (unpaired) electrons. The van der Waals surface area contributed by atoms with Gasteiger partial charge in [-0.3, -0.25) is 10.1 Å². The second-order valence-corrected chi connectivity index (χ2v) is 4.08. The Kier molecular flexibility index (Phi) is 2.91. The maximum absolute atomic E-state index is 10.9. The van der Waals surface area contributed by atoms with E-state index in [1.165, 1.54) is 0 Å². The summed E-state index contributed by atoms with van der Waals surface area (Å²) in [6.45, 7) is 3.55. The van der Waals surface area contributed by atoms with E-state index < -0.39 is 0 Å². The van der Waals surface area contributed by atoms with Crippen molar-refractivity contribution >= 4 is 5.69 Å². The Morgan fingerprint density at radius 3 is 1.94 bits per heavy atom. The van der Waals surface area contributed by atoms with Crippen molar-refractivity contribution in [1.82, 2.24) is 0 Å². The van der Waals surface area contributed by atoms with E-state index in [1.807, 2.05) is 42.5 Å². The van der Waals surface area contributed by atoms with Gasteiger partial charge in [-0.1, -0.05) is 30.3 Å². The third kappa shape index (κ3) is 2.18. The molecule has 0 fully saturated rings. The molecule has 2 aromatic rings. The third-order valence-electron chi connectivity index (χ3n) is 2.78. The number of nitro benzene ring substituents is 1. The first kappa shape index (κ1) is 11.3. The highest BCUT2D eigenvalue weighted by Crippen LogP contribution is 2.29. The first-order chi connectivity index (χ1) is 8.09. The molecule has 0 bridgehead atoms. The van der Waals surface area contributed by atoms with E-state index in [9.17, 15) is 10.1 Å². The lowest BCUT2D eigenvalue weighted by Crippen LogP contribution is -1.95. The van der Waals surface area contributed by atoms with Crippen LogP contribution in [0.2, 0.25) is 0 Å². The molecule has 0 heterocycles. The van der Waals surface area contributed by atoms with Crippen molar-refractivity contribution in [1.29, 1.82) is 0 Å². The molecule has 0 saturated heterocycles. The van der Waals surface area contributed by atoms with Crippen molar-refractivity contribution in [2.24, 2.45) is 0 Å². The highest BCUT2D eigenvalue weighted by atomic mass is 16.6. The maximum atomic E-state index is 10.9. The molecule has 0 aliphatic rings. The molecule has 86 valence electrons. The number of hydrogen-bond acceptors (Lipinski definition) is 2. The number of nitro groups is 1. The fourth-order valence-corrected chi connectivity index (χ4v) is 2.04. The first-order valence-electron chi connectivity index (χ1n) is 5.40. The molecule has 3 heteroatoms. The minimum absolute atomic E-state index is 0.213. The van der Waals surface area contributed by atoms with Gasteiger partial charge in [-0.2, -0.15) is 0 Å². The quantitative estimate of drug-likeness (QED) is 0.577. The van der Waals surface area contributed by atoms with Crippen LogP contribution < -0.4 is 0 Å². The van der Waals surface area contributed by atoms with Crippen molar-refractivity contribution in [3.63, 3.8) is 0 Å². The summed E-state index contributed by atoms with van der Waals surface area (Å²) in [5.41, 5.74) is 3.71. The van der Waals surface area contributed by atoms with Crippen LogP contribution in [0.15, 0.2) is 42.5 Å². The second kappa shape index (κ2) is 4.37. The molecule has 0 atom stereocenters. The first-order valence-corrected chi connectivity index (χ1v) is 5.40. The van der Waals surface area contributed by atoms with Gasteiger partial charge in [0.2, 0.25) is 0 Å². The minimum atomic E-state index is -0.320. The zero-order valence-electron chi connectivity index (χ0n) is 9.81. The summed E-state index contributed by atoms with van der Waals surface area (Å²) in [6.07, 6.45) is 0. The van der Waals surface area contributed by atoms with Crippen LogP contribution in [-0.4, -0.2) is 4.92 Å². The molecule has 3 nitrogen and oxygen atoms in total. The lowest BCUT2D eigenvalue weighted by atomic mass is 9.99. The van der Waals surface area contributed by atoms with Gasteiger partial charge in [0, 0.05) is 11.1 Å². The molecule has 0 aliphatic carbocycles. The standard InChI is InChI=1S/C14H13NO2/c1-10-8-13(12-6-4-3-5-7-12)9-11(2)14(10)15(16)17/h3-9H,1-2H3. The van der Waals surface area contributed by atoms with Gasteiger partial charge in [0.25, 0.3) is 5.69 Å². The molecule has 0 aliphatic heterocycles. The Morgan fingerprint density at radius 1 is 0.941 bits per heavy atom. The predicted molar refractivity (Wildman–Crippen MR) is 68.0 cm³/mol. The normalized spacial score (nSPS) is 10.2.